The zero-order valence-electron chi connectivity index (χ0n) is 6.13. The third-order valence-electron chi connectivity index (χ3n) is 1.92. The molecule has 1 unspecified atom stereocenters. The summed E-state index contributed by atoms with van der Waals surface area (Å²) in [6.45, 7) is 4.93. The predicted octanol–water partition coefficient (Wildman–Crippen LogP) is 0.759. The van der Waals surface area contributed by atoms with Crippen LogP contribution in [-0.4, -0.2) is 18.8 Å². The van der Waals surface area contributed by atoms with E-state index in [9.17, 15) is 0 Å². The predicted molar refractivity (Wildman–Crippen MR) is 37.2 cm³/mol. The Morgan fingerprint density at radius 2 is 2.33 bits per heavy atom. The third-order valence-corrected chi connectivity index (χ3v) is 1.92. The molecule has 3 atom stereocenters. The topological polar surface area (TPSA) is 35.2 Å². The van der Waals surface area contributed by atoms with Crippen molar-refractivity contribution in [1.82, 2.24) is 0 Å². The molecule has 1 rings (SSSR count). The standard InChI is InChI=1S/C7H15NO/c1-3-9-5(2)6-4-7(6)8/h5-7H,3-4,8H2,1-2H3/t5?,6-,7+/m0/s1. The zero-order valence-corrected chi connectivity index (χ0v) is 6.13. The molecule has 0 bridgehead atoms. The van der Waals surface area contributed by atoms with Crippen molar-refractivity contribution in [3.63, 3.8) is 0 Å². The van der Waals surface area contributed by atoms with Crippen molar-refractivity contribution in [1.29, 1.82) is 0 Å². The Morgan fingerprint density at radius 3 is 2.67 bits per heavy atom. The molecule has 54 valence electrons. The van der Waals surface area contributed by atoms with E-state index in [4.69, 9.17) is 10.5 Å². The van der Waals surface area contributed by atoms with Crippen molar-refractivity contribution in [2.45, 2.75) is 32.4 Å². The molecule has 9 heavy (non-hydrogen) atoms. The van der Waals surface area contributed by atoms with Gasteiger partial charge in [0.2, 0.25) is 0 Å². The molecule has 2 nitrogen and oxygen atoms in total. The van der Waals surface area contributed by atoms with Crippen LogP contribution in [0.3, 0.4) is 0 Å². The molecular weight excluding hydrogens is 114 g/mol. The minimum absolute atomic E-state index is 0.380. The Balaban J connectivity index is 2.11. The molecule has 1 aliphatic rings. The maximum Gasteiger partial charge on any atom is 0.0590 e. The van der Waals surface area contributed by atoms with E-state index >= 15 is 0 Å². The SMILES string of the molecule is CCOC(C)[C@@H]1C[C@H]1N. The van der Waals surface area contributed by atoms with Gasteiger partial charge in [-0.25, -0.2) is 0 Å². The zero-order chi connectivity index (χ0) is 6.85. The molecule has 0 spiro atoms. The summed E-state index contributed by atoms with van der Waals surface area (Å²) in [6, 6.07) is 0.423. The lowest BCUT2D eigenvalue weighted by molar-refractivity contribution is 0.0596. The molecule has 0 amide bonds. The van der Waals surface area contributed by atoms with E-state index in [0.717, 1.165) is 13.0 Å². The Morgan fingerprint density at radius 1 is 1.78 bits per heavy atom. The summed E-state index contributed by atoms with van der Waals surface area (Å²) in [7, 11) is 0. The minimum atomic E-state index is 0.380. The van der Waals surface area contributed by atoms with E-state index in [1.165, 1.54) is 0 Å². The first-order valence-corrected chi connectivity index (χ1v) is 3.63. The molecule has 0 radical (unpaired) electrons. The molecule has 0 aromatic heterocycles. The van der Waals surface area contributed by atoms with Crippen LogP contribution in [0.5, 0.6) is 0 Å². The number of nitrogens with two attached hydrogens (primary N) is 1. The number of rotatable bonds is 3. The van der Waals surface area contributed by atoms with E-state index in [1.807, 2.05) is 6.92 Å². The van der Waals surface area contributed by atoms with Gasteiger partial charge >= 0.3 is 0 Å². The number of hydrogen-bond donors (Lipinski definition) is 1. The Hall–Kier alpha value is -0.0800. The van der Waals surface area contributed by atoms with E-state index in [2.05, 4.69) is 6.92 Å². The van der Waals surface area contributed by atoms with Crippen LogP contribution < -0.4 is 5.73 Å². The summed E-state index contributed by atoms with van der Waals surface area (Å²) in [5.74, 6) is 0.643. The van der Waals surface area contributed by atoms with Gasteiger partial charge in [0.15, 0.2) is 0 Å². The summed E-state index contributed by atoms with van der Waals surface area (Å²) < 4.78 is 5.36. The average molecular weight is 129 g/mol. The fourth-order valence-electron chi connectivity index (χ4n) is 1.16. The largest absolute Gasteiger partial charge is 0.378 e. The van der Waals surface area contributed by atoms with Crippen molar-refractivity contribution in [2.24, 2.45) is 11.7 Å². The molecule has 1 fully saturated rings. The fraction of sp³-hybridized carbons (Fsp3) is 1.00. The fourth-order valence-corrected chi connectivity index (χ4v) is 1.16. The van der Waals surface area contributed by atoms with Crippen LogP contribution >= 0.6 is 0 Å². The second-order valence-corrected chi connectivity index (χ2v) is 2.72. The molecule has 2 N–H and O–H groups in total. The summed E-state index contributed by atoms with van der Waals surface area (Å²) >= 11 is 0. The van der Waals surface area contributed by atoms with Gasteiger partial charge in [0.05, 0.1) is 6.10 Å². The summed E-state index contributed by atoms with van der Waals surface area (Å²) in [5.41, 5.74) is 5.62. The highest BCUT2D eigenvalue weighted by Gasteiger charge is 2.38. The molecule has 2 heteroatoms. The van der Waals surface area contributed by atoms with Crippen molar-refractivity contribution >= 4 is 0 Å². The summed E-state index contributed by atoms with van der Waals surface area (Å²) in [4.78, 5) is 0. The van der Waals surface area contributed by atoms with Gasteiger partial charge in [-0.1, -0.05) is 0 Å². The van der Waals surface area contributed by atoms with Gasteiger partial charge in [-0.15, -0.1) is 0 Å². The maximum absolute atomic E-state index is 5.62. The molecule has 0 heterocycles. The summed E-state index contributed by atoms with van der Waals surface area (Å²) in [5, 5.41) is 0. The van der Waals surface area contributed by atoms with Gasteiger partial charge in [0.25, 0.3) is 0 Å². The van der Waals surface area contributed by atoms with Gasteiger partial charge in [0, 0.05) is 18.6 Å². The first kappa shape index (κ1) is 7.03. The smallest absolute Gasteiger partial charge is 0.0590 e. The van der Waals surface area contributed by atoms with Crippen LogP contribution in [0.25, 0.3) is 0 Å². The second-order valence-electron chi connectivity index (χ2n) is 2.72. The van der Waals surface area contributed by atoms with Gasteiger partial charge in [-0.2, -0.15) is 0 Å². The summed E-state index contributed by atoms with van der Waals surface area (Å²) in [6.07, 6.45) is 1.53. The van der Waals surface area contributed by atoms with Gasteiger partial charge in [-0.3, -0.25) is 0 Å². The highest BCUT2D eigenvalue weighted by molar-refractivity contribution is 4.93. The normalized spacial score (nSPS) is 36.3. The van der Waals surface area contributed by atoms with E-state index in [-0.39, 0.29) is 0 Å². The number of hydrogen-bond acceptors (Lipinski definition) is 2. The lowest BCUT2D eigenvalue weighted by Crippen LogP contribution is -2.16. The highest BCUT2D eigenvalue weighted by atomic mass is 16.5. The highest BCUT2D eigenvalue weighted by Crippen LogP contribution is 2.32. The van der Waals surface area contributed by atoms with Crippen molar-refractivity contribution < 1.29 is 4.74 Å². The van der Waals surface area contributed by atoms with Crippen LogP contribution in [0, 0.1) is 5.92 Å². The molecule has 0 aromatic rings. The van der Waals surface area contributed by atoms with Crippen LogP contribution in [0.1, 0.15) is 20.3 Å². The molecule has 0 aromatic carbocycles. The van der Waals surface area contributed by atoms with E-state index < -0.39 is 0 Å². The van der Waals surface area contributed by atoms with E-state index in [1.54, 1.807) is 0 Å². The number of ether oxygens (including phenoxy) is 1. The van der Waals surface area contributed by atoms with Crippen molar-refractivity contribution in [3.8, 4) is 0 Å². The molecule has 1 saturated carbocycles. The molecular formula is C7H15NO. The first-order chi connectivity index (χ1) is 4.25. The Labute approximate surface area is 56.4 Å². The lowest BCUT2D eigenvalue weighted by Gasteiger charge is -2.08. The Kier molecular flexibility index (Phi) is 2.09. The van der Waals surface area contributed by atoms with Gasteiger partial charge in [0.1, 0.15) is 0 Å². The van der Waals surface area contributed by atoms with Gasteiger partial charge < -0.3 is 10.5 Å². The van der Waals surface area contributed by atoms with E-state index in [0.29, 0.717) is 18.1 Å². The third kappa shape index (κ3) is 1.66. The molecule has 1 aliphatic carbocycles. The quantitative estimate of drug-likeness (QED) is 0.610. The minimum Gasteiger partial charge on any atom is -0.378 e. The monoisotopic (exact) mass is 129 g/mol. The van der Waals surface area contributed by atoms with Crippen molar-refractivity contribution in [2.75, 3.05) is 6.61 Å². The lowest BCUT2D eigenvalue weighted by atomic mass is 10.2. The van der Waals surface area contributed by atoms with Crippen LogP contribution in [0.2, 0.25) is 0 Å². The van der Waals surface area contributed by atoms with Crippen LogP contribution in [0.4, 0.5) is 0 Å². The van der Waals surface area contributed by atoms with Gasteiger partial charge in [-0.05, 0) is 20.3 Å². The molecule has 0 saturated heterocycles. The maximum atomic E-state index is 5.62. The van der Waals surface area contributed by atoms with Crippen LogP contribution in [-0.2, 0) is 4.74 Å². The van der Waals surface area contributed by atoms with Crippen molar-refractivity contribution in [3.05, 3.63) is 0 Å². The van der Waals surface area contributed by atoms with Crippen LogP contribution in [0.15, 0.2) is 0 Å². The average Bonchev–Trinajstić information content (AvgIpc) is 2.47. The molecule has 0 aliphatic heterocycles. The first-order valence-electron chi connectivity index (χ1n) is 3.63. The Bertz CT molecular complexity index is 94.9. The second kappa shape index (κ2) is 2.67.